The van der Waals surface area contributed by atoms with E-state index < -0.39 is 39.2 Å². The average Bonchev–Trinajstić information content (AvgIpc) is 3.35. The van der Waals surface area contributed by atoms with E-state index in [0.29, 0.717) is 39.1 Å². The summed E-state index contributed by atoms with van der Waals surface area (Å²) < 4.78 is 56.1. The second kappa shape index (κ2) is 24.8. The van der Waals surface area contributed by atoms with Crippen molar-refractivity contribution in [2.45, 2.75) is 64.5 Å². The van der Waals surface area contributed by atoms with E-state index in [2.05, 4.69) is 25.6 Å². The van der Waals surface area contributed by atoms with Gasteiger partial charge in [0.25, 0.3) is 14.4 Å². The summed E-state index contributed by atoms with van der Waals surface area (Å²) in [7, 11) is 1.45. The molecule has 0 saturated carbocycles. The molecule has 0 radical (unpaired) electrons. The van der Waals surface area contributed by atoms with Crippen molar-refractivity contribution < 1.29 is 41.6 Å². The van der Waals surface area contributed by atoms with Gasteiger partial charge in [0.1, 0.15) is 12.1 Å². The number of methoxy groups -OCH3 is 1. The molecule has 4 unspecified atom stereocenters. The van der Waals surface area contributed by atoms with E-state index in [4.69, 9.17) is 23.3 Å². The van der Waals surface area contributed by atoms with Gasteiger partial charge in [0, 0.05) is 46.4 Å². The van der Waals surface area contributed by atoms with Gasteiger partial charge in [-0.05, 0) is 25.0 Å². The van der Waals surface area contributed by atoms with E-state index in [1.165, 1.54) is 24.9 Å². The third-order valence-electron chi connectivity index (χ3n) is 6.11. The van der Waals surface area contributed by atoms with Crippen LogP contribution in [0.1, 0.15) is 39.2 Å². The van der Waals surface area contributed by atoms with Gasteiger partial charge in [0.05, 0.1) is 45.2 Å². The largest absolute Gasteiger partial charge is 0.380 e. The number of hydrogen-bond donors (Lipinski definition) is 3. The molecule has 2 fully saturated rings. The number of amidine groups is 1. The van der Waals surface area contributed by atoms with Crippen LogP contribution in [0, 0.1) is 0 Å². The highest BCUT2D eigenvalue weighted by Gasteiger charge is 2.51. The molecular weight excluding hydrogens is 611 g/mol. The Morgan fingerprint density at radius 1 is 1.20 bits per heavy atom. The molecular formula is C30H50F2N5O7P. The molecule has 2 saturated heterocycles. The summed E-state index contributed by atoms with van der Waals surface area (Å²) in [6, 6.07) is 9.59. The number of ether oxygens (including phenoxy) is 3. The number of aldehydes is 1. The first-order valence-corrected chi connectivity index (χ1v) is 16.2. The Morgan fingerprint density at radius 3 is 2.53 bits per heavy atom. The third-order valence-corrected chi connectivity index (χ3v) is 7.53. The van der Waals surface area contributed by atoms with Crippen molar-refractivity contribution in [3.8, 4) is 0 Å². The highest BCUT2D eigenvalue weighted by molar-refractivity contribution is 7.45. The van der Waals surface area contributed by atoms with Gasteiger partial charge < -0.3 is 38.7 Å². The second-order valence-corrected chi connectivity index (χ2v) is 10.9. The molecule has 0 bridgehead atoms. The van der Waals surface area contributed by atoms with Gasteiger partial charge >= 0.3 is 0 Å². The fourth-order valence-electron chi connectivity index (χ4n) is 3.94. The number of rotatable bonds is 17. The lowest BCUT2D eigenvalue weighted by molar-refractivity contribution is -0.109. The molecule has 15 heteroatoms. The Morgan fingerprint density at radius 2 is 1.91 bits per heavy atom. The summed E-state index contributed by atoms with van der Waals surface area (Å²) >= 11 is 0. The highest BCUT2D eigenvalue weighted by atomic mass is 31.2. The van der Waals surface area contributed by atoms with Crippen molar-refractivity contribution in [3.63, 3.8) is 0 Å². The van der Waals surface area contributed by atoms with Crippen LogP contribution in [-0.2, 0) is 39.5 Å². The van der Waals surface area contributed by atoms with E-state index in [-0.39, 0.29) is 12.4 Å². The van der Waals surface area contributed by atoms with E-state index in [9.17, 15) is 18.4 Å². The first kappa shape index (κ1) is 40.6. The van der Waals surface area contributed by atoms with Gasteiger partial charge in [-0.25, -0.2) is 13.9 Å². The monoisotopic (exact) mass is 661 g/mol. The zero-order chi connectivity index (χ0) is 33.3. The molecule has 1 aromatic carbocycles. The van der Waals surface area contributed by atoms with Gasteiger partial charge in [-0.1, -0.05) is 44.2 Å². The van der Waals surface area contributed by atoms with Crippen LogP contribution in [-0.4, -0.2) is 108 Å². The van der Waals surface area contributed by atoms with Crippen LogP contribution >= 0.6 is 8.53 Å². The average molecular weight is 662 g/mol. The normalized spacial score (nSPS) is 21.1. The van der Waals surface area contributed by atoms with E-state index in [1.807, 2.05) is 44.2 Å². The molecule has 12 nitrogen and oxygen atoms in total. The van der Waals surface area contributed by atoms with E-state index >= 15 is 0 Å². The van der Waals surface area contributed by atoms with Crippen LogP contribution in [0.2, 0.25) is 0 Å². The molecule has 3 N–H and O–H groups in total. The minimum atomic E-state index is -3.17. The molecule has 0 spiro atoms. The fourth-order valence-corrected chi connectivity index (χ4v) is 5.15. The zero-order valence-corrected chi connectivity index (χ0v) is 27.8. The quantitative estimate of drug-likeness (QED) is 0.0748. The molecule has 2 aliphatic heterocycles. The fraction of sp³-hybridized carbons (Fsp3) is 0.633. The molecule has 3 rings (SSSR count). The first-order valence-electron chi connectivity index (χ1n) is 15.0. The SMILES string of the molecule is CC.CN=C(/C=C\NC=O)NC1OC(COP(NC(C)C=O)OCCCN2CCOCC2)CC1(F)F.COCc1ccccc1. The number of carbonyl (C=O) groups excluding carboxylic acids is 2. The lowest BCUT2D eigenvalue weighted by Crippen LogP contribution is -2.44. The number of amides is 1. The minimum absolute atomic E-state index is 0.118. The maximum atomic E-state index is 14.5. The number of aliphatic imine (C=N–C) groups is 1. The number of nitrogens with one attached hydrogen (secondary N) is 3. The van der Waals surface area contributed by atoms with Crippen molar-refractivity contribution in [2.24, 2.45) is 4.99 Å². The van der Waals surface area contributed by atoms with E-state index in [0.717, 1.165) is 26.1 Å². The van der Waals surface area contributed by atoms with Crippen LogP contribution in [0.4, 0.5) is 8.78 Å². The van der Waals surface area contributed by atoms with Crippen LogP contribution in [0.3, 0.4) is 0 Å². The molecule has 1 amide bonds. The lowest BCUT2D eigenvalue weighted by atomic mass is 10.2. The smallest absolute Gasteiger partial charge is 0.294 e. The number of nitrogens with zero attached hydrogens (tertiary/aromatic N) is 2. The number of alkyl halides is 2. The Kier molecular flexibility index (Phi) is 22.3. The molecule has 256 valence electrons. The summed E-state index contributed by atoms with van der Waals surface area (Å²) in [6.45, 7) is 10.7. The van der Waals surface area contributed by atoms with Crippen molar-refractivity contribution in [1.29, 1.82) is 0 Å². The number of benzene rings is 1. The van der Waals surface area contributed by atoms with Crippen LogP contribution in [0.5, 0.6) is 0 Å². The lowest BCUT2D eigenvalue weighted by Gasteiger charge is -2.27. The molecule has 4 atom stereocenters. The van der Waals surface area contributed by atoms with Gasteiger partial charge in [0.2, 0.25) is 6.41 Å². The maximum absolute atomic E-state index is 14.5. The Labute approximate surface area is 267 Å². The third kappa shape index (κ3) is 17.7. The summed E-state index contributed by atoms with van der Waals surface area (Å²) in [5, 5.41) is 7.73. The predicted octanol–water partition coefficient (Wildman–Crippen LogP) is 3.63. The summed E-state index contributed by atoms with van der Waals surface area (Å²) in [5.74, 6) is -3.05. The van der Waals surface area contributed by atoms with Crippen LogP contribution < -0.4 is 15.7 Å². The Hall–Kier alpha value is -2.42. The Bertz CT molecular complexity index is 975. The van der Waals surface area contributed by atoms with Crippen molar-refractivity contribution in [1.82, 2.24) is 20.6 Å². The van der Waals surface area contributed by atoms with Gasteiger partial charge in [-0.15, -0.1) is 0 Å². The highest BCUT2D eigenvalue weighted by Crippen LogP contribution is 2.39. The van der Waals surface area contributed by atoms with Crippen LogP contribution in [0.25, 0.3) is 0 Å². The molecule has 2 heterocycles. The maximum Gasteiger partial charge on any atom is 0.294 e. The van der Waals surface area contributed by atoms with Gasteiger partial charge in [0.15, 0.2) is 6.23 Å². The van der Waals surface area contributed by atoms with Crippen molar-refractivity contribution >= 4 is 27.1 Å². The molecule has 0 aliphatic carbocycles. The molecule has 0 aromatic heterocycles. The number of hydrogen-bond acceptors (Lipinski definition) is 10. The molecule has 45 heavy (non-hydrogen) atoms. The van der Waals surface area contributed by atoms with Crippen molar-refractivity contribution in [2.75, 3.05) is 60.2 Å². The topological polar surface area (TPSA) is 132 Å². The van der Waals surface area contributed by atoms with Gasteiger partial charge in [-0.2, -0.15) is 0 Å². The van der Waals surface area contributed by atoms with E-state index in [1.54, 1.807) is 14.0 Å². The summed E-state index contributed by atoms with van der Waals surface area (Å²) in [4.78, 5) is 27.5. The summed E-state index contributed by atoms with van der Waals surface area (Å²) in [6.07, 6.45) is 1.47. The number of halogens is 2. The predicted molar refractivity (Wildman–Crippen MR) is 171 cm³/mol. The first-order chi connectivity index (χ1) is 21.8. The van der Waals surface area contributed by atoms with Crippen molar-refractivity contribution in [3.05, 3.63) is 48.2 Å². The van der Waals surface area contributed by atoms with Gasteiger partial charge in [-0.3, -0.25) is 14.7 Å². The molecule has 1 aromatic rings. The minimum Gasteiger partial charge on any atom is -0.380 e. The summed E-state index contributed by atoms with van der Waals surface area (Å²) in [5.41, 5.74) is 1.22. The second-order valence-electron chi connectivity index (χ2n) is 9.64. The molecule has 2 aliphatic rings. The standard InChI is InChI=1S/C20H34F2N5O6P.C8H10O.C2H6/c1-16(13-28)26-34(31-9-3-6-27-7-10-30-11-8-27)32-14-17-12-20(21,22)19(33-17)25-18(23-2)4-5-24-15-29;1-9-7-8-5-3-2-4-6-8;1-2/h4-5,13,15-17,19,26H,3,6-12,14H2,1-2H3,(H,23,25)(H,24,29);2-6H,7H2,1H3;1-2H3/b5-4-;;. The Balaban J connectivity index is 0.000000777. The number of morpholine rings is 1. The number of carbonyl (C=O) groups is 2. The zero-order valence-electron chi connectivity index (χ0n) is 27.0. The van der Waals surface area contributed by atoms with Crippen LogP contribution in [0.15, 0.2) is 47.6 Å².